The van der Waals surface area contributed by atoms with E-state index in [9.17, 15) is 9.59 Å². The average molecular weight is 497 g/mol. The van der Waals surface area contributed by atoms with Crippen molar-refractivity contribution in [3.05, 3.63) is 84.1 Å². The Labute approximate surface area is 210 Å². The number of likely N-dealkylation sites (tertiary alicyclic amines) is 1. The number of rotatable bonds is 5. The Kier molecular flexibility index (Phi) is 6.07. The maximum Gasteiger partial charge on any atom is 0.256 e. The molecule has 1 fully saturated rings. The van der Waals surface area contributed by atoms with E-state index in [1.54, 1.807) is 21.6 Å². The van der Waals surface area contributed by atoms with Gasteiger partial charge in [-0.05, 0) is 48.9 Å². The van der Waals surface area contributed by atoms with Gasteiger partial charge in [-0.3, -0.25) is 14.0 Å². The molecule has 3 aromatic heterocycles. The second kappa shape index (κ2) is 9.50. The van der Waals surface area contributed by atoms with E-state index in [-0.39, 0.29) is 40.5 Å². The zero-order valence-electron chi connectivity index (χ0n) is 19.6. The Balaban J connectivity index is 1.49. The van der Waals surface area contributed by atoms with Crippen LogP contribution < -0.4 is 11.1 Å². The number of nitrogens with one attached hydrogen (secondary N) is 1. The number of hydrogen-bond acceptors (Lipinski definition) is 7. The lowest BCUT2D eigenvalue weighted by Gasteiger charge is -2.13. The molecule has 4 aromatic rings. The molecule has 1 saturated heterocycles. The lowest BCUT2D eigenvalue weighted by atomic mass is 10.0. The van der Waals surface area contributed by atoms with Crippen LogP contribution in [0.1, 0.15) is 34.0 Å². The van der Waals surface area contributed by atoms with E-state index in [1.807, 2.05) is 6.07 Å². The summed E-state index contributed by atoms with van der Waals surface area (Å²) in [7, 11) is 0. The summed E-state index contributed by atoms with van der Waals surface area (Å²) < 4.78 is 17.0. The van der Waals surface area contributed by atoms with Crippen LogP contribution >= 0.6 is 0 Å². The first-order chi connectivity index (χ1) is 17.9. The molecule has 1 aliphatic heterocycles. The third kappa shape index (κ3) is 4.36. The van der Waals surface area contributed by atoms with Gasteiger partial charge >= 0.3 is 0 Å². The highest BCUT2D eigenvalue weighted by molar-refractivity contribution is 6.04. The Bertz CT molecular complexity index is 1610. The lowest BCUT2D eigenvalue weighted by Crippen LogP contribution is -2.26. The molecule has 1 aliphatic rings. The number of carbonyl (C=O) groups is 2. The van der Waals surface area contributed by atoms with Crippen molar-refractivity contribution in [3.8, 4) is 17.5 Å². The fourth-order valence-corrected chi connectivity index (χ4v) is 4.47. The molecule has 0 saturated carbocycles. The summed E-state index contributed by atoms with van der Waals surface area (Å²) in [6.45, 7) is 4.57. The minimum absolute atomic E-state index is 0.0620. The van der Waals surface area contributed by atoms with Gasteiger partial charge in [0, 0.05) is 37.0 Å². The zero-order chi connectivity index (χ0) is 26.1. The van der Waals surface area contributed by atoms with Gasteiger partial charge in [0.15, 0.2) is 5.82 Å². The number of imidazole rings is 1. The quantitative estimate of drug-likeness (QED) is 0.404. The van der Waals surface area contributed by atoms with Crippen LogP contribution in [0.15, 0.2) is 61.4 Å². The van der Waals surface area contributed by atoms with Gasteiger partial charge in [0.2, 0.25) is 11.9 Å². The summed E-state index contributed by atoms with van der Waals surface area (Å²) in [4.78, 5) is 39.3. The summed E-state index contributed by atoms with van der Waals surface area (Å²) in [6.07, 6.45) is 4.93. The smallest absolute Gasteiger partial charge is 0.256 e. The molecule has 2 amide bonds. The molecular weight excluding hydrogens is 475 g/mol. The molecule has 0 bridgehead atoms. The second-order valence-electron chi connectivity index (χ2n) is 8.51. The van der Waals surface area contributed by atoms with Gasteiger partial charge in [-0.25, -0.2) is 19.3 Å². The van der Waals surface area contributed by atoms with Gasteiger partial charge in [-0.15, -0.1) is 0 Å². The van der Waals surface area contributed by atoms with Crippen LogP contribution in [0, 0.1) is 17.1 Å². The first-order valence-corrected chi connectivity index (χ1v) is 11.4. The normalized spacial score (nSPS) is 14.9. The number of nitrogens with two attached hydrogens (primary N) is 1. The number of benzene rings is 1. The van der Waals surface area contributed by atoms with Crippen LogP contribution in [-0.4, -0.2) is 49.2 Å². The molecule has 0 spiro atoms. The molecular formula is C26H21FN8O2. The van der Waals surface area contributed by atoms with Crippen LogP contribution in [-0.2, 0) is 4.79 Å². The molecule has 184 valence electrons. The maximum atomic E-state index is 15.4. The fraction of sp³-hybridized carbons (Fsp3) is 0.154. The van der Waals surface area contributed by atoms with Crippen molar-refractivity contribution in [3.63, 3.8) is 0 Å². The number of nitriles is 1. The molecule has 0 aliphatic carbocycles. The van der Waals surface area contributed by atoms with Crippen LogP contribution in [0.25, 0.3) is 16.9 Å². The monoisotopic (exact) mass is 496 g/mol. The average Bonchev–Trinajstić information content (AvgIpc) is 3.54. The Morgan fingerprint density at radius 3 is 2.78 bits per heavy atom. The summed E-state index contributed by atoms with van der Waals surface area (Å²) >= 11 is 0. The zero-order valence-corrected chi connectivity index (χ0v) is 19.6. The first kappa shape index (κ1) is 23.6. The van der Waals surface area contributed by atoms with E-state index < -0.39 is 11.7 Å². The minimum atomic E-state index is -0.678. The van der Waals surface area contributed by atoms with Gasteiger partial charge in [0.05, 0.1) is 28.4 Å². The Morgan fingerprint density at radius 2 is 2.03 bits per heavy atom. The van der Waals surface area contributed by atoms with Crippen molar-refractivity contribution in [2.45, 2.75) is 12.3 Å². The summed E-state index contributed by atoms with van der Waals surface area (Å²) in [5.74, 6) is -0.924. The lowest BCUT2D eigenvalue weighted by molar-refractivity contribution is -0.125. The van der Waals surface area contributed by atoms with Crippen LogP contribution in [0.3, 0.4) is 0 Å². The molecule has 1 atom stereocenters. The number of nitrogens with zero attached hydrogens (tertiary/aromatic N) is 6. The number of amides is 2. The van der Waals surface area contributed by atoms with E-state index >= 15 is 4.39 Å². The number of aromatic nitrogens is 4. The third-order valence-electron chi connectivity index (χ3n) is 6.27. The Morgan fingerprint density at radius 1 is 1.22 bits per heavy atom. The summed E-state index contributed by atoms with van der Waals surface area (Å²) in [5.41, 5.74) is 8.05. The van der Waals surface area contributed by atoms with Gasteiger partial charge in [0.1, 0.15) is 11.6 Å². The summed E-state index contributed by atoms with van der Waals surface area (Å²) in [5, 5.41) is 11.6. The van der Waals surface area contributed by atoms with E-state index in [2.05, 4.69) is 21.9 Å². The first-order valence-electron chi connectivity index (χ1n) is 11.4. The minimum Gasteiger partial charge on any atom is -0.369 e. The highest BCUT2D eigenvalue weighted by atomic mass is 19.1. The maximum absolute atomic E-state index is 15.4. The van der Waals surface area contributed by atoms with Crippen molar-refractivity contribution in [2.75, 3.05) is 24.1 Å². The van der Waals surface area contributed by atoms with Crippen molar-refractivity contribution < 1.29 is 14.0 Å². The third-order valence-corrected chi connectivity index (χ3v) is 6.27. The fourth-order valence-electron chi connectivity index (χ4n) is 4.47. The van der Waals surface area contributed by atoms with Crippen molar-refractivity contribution in [1.29, 1.82) is 5.26 Å². The predicted octanol–water partition coefficient (Wildman–Crippen LogP) is 3.14. The van der Waals surface area contributed by atoms with E-state index in [0.717, 1.165) is 6.07 Å². The topological polar surface area (TPSA) is 142 Å². The van der Waals surface area contributed by atoms with Crippen LogP contribution in [0.4, 0.5) is 16.2 Å². The van der Waals surface area contributed by atoms with E-state index in [0.29, 0.717) is 36.3 Å². The molecule has 4 heterocycles. The summed E-state index contributed by atoms with van der Waals surface area (Å²) in [6, 6.07) is 10.7. The predicted molar refractivity (Wildman–Crippen MR) is 134 cm³/mol. The largest absolute Gasteiger partial charge is 0.369 e. The molecule has 0 radical (unpaired) electrons. The highest BCUT2D eigenvalue weighted by Crippen LogP contribution is 2.34. The molecule has 10 nitrogen and oxygen atoms in total. The SMILES string of the molecule is C=CC(=O)N1CCC(c2nc(-c3ccc(C(=O)Nc4cc(C#N)ccn4)cc3F)n3c(N)nccc23)C1. The van der Waals surface area contributed by atoms with Crippen molar-refractivity contribution in [2.24, 2.45) is 0 Å². The number of anilines is 2. The molecule has 37 heavy (non-hydrogen) atoms. The Hall–Kier alpha value is -5.11. The van der Waals surface area contributed by atoms with Gasteiger partial charge in [-0.2, -0.15) is 5.26 Å². The van der Waals surface area contributed by atoms with E-state index in [1.165, 1.54) is 36.5 Å². The van der Waals surface area contributed by atoms with Gasteiger partial charge < -0.3 is 16.0 Å². The van der Waals surface area contributed by atoms with Crippen molar-refractivity contribution in [1.82, 2.24) is 24.3 Å². The number of nitrogen functional groups attached to an aromatic ring is 1. The van der Waals surface area contributed by atoms with Crippen molar-refractivity contribution >= 4 is 29.1 Å². The molecule has 5 rings (SSSR count). The molecule has 1 aromatic carbocycles. The van der Waals surface area contributed by atoms with E-state index in [4.69, 9.17) is 16.0 Å². The highest BCUT2D eigenvalue weighted by Gasteiger charge is 2.31. The van der Waals surface area contributed by atoms with Crippen LogP contribution in [0.5, 0.6) is 0 Å². The van der Waals surface area contributed by atoms with Crippen LogP contribution in [0.2, 0.25) is 0 Å². The molecule has 3 N–H and O–H groups in total. The number of pyridine rings is 1. The molecule has 1 unspecified atom stereocenters. The number of carbonyl (C=O) groups excluding carboxylic acids is 2. The number of halogens is 1. The standard InChI is InChI=1S/C26H21FN8O2/c1-2-22(36)34-10-7-17(14-34)23-20-6-9-31-26(29)35(20)24(33-23)18-4-3-16(12-19(18)27)25(37)32-21-11-15(13-28)5-8-30-21/h2-6,8-9,11-12,17H,1,7,10,14H2,(H2,29,31)(H,30,32,37). The second-order valence-corrected chi connectivity index (χ2v) is 8.51. The molecule has 11 heteroatoms. The van der Waals surface area contributed by atoms with Gasteiger partial charge in [-0.1, -0.05) is 6.58 Å². The number of fused-ring (bicyclic) bond motifs is 1. The van der Waals surface area contributed by atoms with Gasteiger partial charge in [0.25, 0.3) is 5.91 Å². The number of hydrogen-bond donors (Lipinski definition) is 2.